The summed E-state index contributed by atoms with van der Waals surface area (Å²) >= 11 is 5.97. The van der Waals surface area contributed by atoms with Crippen molar-refractivity contribution < 1.29 is 13.2 Å². The van der Waals surface area contributed by atoms with Crippen LogP contribution in [0.2, 0.25) is 5.02 Å². The molecule has 0 unspecified atom stereocenters. The monoisotopic (exact) mass is 534 g/mol. The number of carbonyl (C=O) groups excluding carboxylic acids is 1. The van der Waals surface area contributed by atoms with E-state index in [1.165, 1.54) is 11.6 Å². The summed E-state index contributed by atoms with van der Waals surface area (Å²) < 4.78 is 29.0. The third kappa shape index (κ3) is 5.61. The van der Waals surface area contributed by atoms with Crippen molar-refractivity contribution in [1.29, 1.82) is 0 Å². The second-order valence-electron chi connectivity index (χ2n) is 9.16. The summed E-state index contributed by atoms with van der Waals surface area (Å²) in [6, 6.07) is 21.5. The molecule has 3 aromatic carbocycles. The molecule has 1 N–H and O–H groups in total. The molecule has 1 aromatic heterocycles. The molecule has 1 saturated heterocycles. The molecule has 1 fully saturated rings. The largest absolute Gasteiger partial charge is 0.336 e. The Kier molecular flexibility index (Phi) is 7.15. The van der Waals surface area contributed by atoms with Gasteiger partial charge in [0.25, 0.3) is 15.9 Å². The molecular weight excluding hydrogens is 508 g/mol. The molecule has 1 aliphatic rings. The minimum absolute atomic E-state index is 0.0538. The van der Waals surface area contributed by atoms with Crippen LogP contribution in [0.4, 0.5) is 5.69 Å². The number of pyridine rings is 1. The number of aryl methyl sites for hydroxylation is 1. The van der Waals surface area contributed by atoms with Crippen LogP contribution in [-0.4, -0.2) is 55.3 Å². The number of para-hydroxylation sites is 1. The Bertz CT molecular complexity index is 1540. The molecule has 7 nitrogen and oxygen atoms in total. The lowest BCUT2D eigenvalue weighted by molar-refractivity contribution is 0.0628. The van der Waals surface area contributed by atoms with E-state index in [9.17, 15) is 13.2 Å². The van der Waals surface area contributed by atoms with E-state index in [4.69, 9.17) is 11.6 Å². The van der Waals surface area contributed by atoms with Crippen LogP contribution in [0.25, 0.3) is 10.9 Å². The average molecular weight is 535 g/mol. The van der Waals surface area contributed by atoms with Gasteiger partial charge in [-0.05, 0) is 60.5 Å². The molecule has 1 aliphatic heterocycles. The summed E-state index contributed by atoms with van der Waals surface area (Å²) in [4.78, 5) is 21.7. The zero-order valence-electron chi connectivity index (χ0n) is 20.4. The van der Waals surface area contributed by atoms with Crippen LogP contribution in [0.15, 0.2) is 83.9 Å². The maximum atomic E-state index is 13.2. The first kappa shape index (κ1) is 25.2. The van der Waals surface area contributed by atoms with Crippen molar-refractivity contribution in [3.05, 3.63) is 101 Å². The maximum absolute atomic E-state index is 13.2. The van der Waals surface area contributed by atoms with E-state index in [0.29, 0.717) is 35.4 Å². The number of carbonyl (C=O) groups is 1. The Morgan fingerprint density at radius 1 is 0.973 bits per heavy atom. The molecular formula is C28H27ClN4O3S. The highest BCUT2D eigenvalue weighted by atomic mass is 35.5. The summed E-state index contributed by atoms with van der Waals surface area (Å²) in [5.41, 5.74) is 3.24. The molecule has 0 bridgehead atoms. The number of hydrogen-bond acceptors (Lipinski definition) is 5. The Morgan fingerprint density at radius 2 is 1.70 bits per heavy atom. The van der Waals surface area contributed by atoms with Crippen molar-refractivity contribution in [3.8, 4) is 0 Å². The minimum atomic E-state index is -3.87. The fourth-order valence-corrected chi connectivity index (χ4v) is 5.98. The number of amides is 1. The molecule has 190 valence electrons. The van der Waals surface area contributed by atoms with Crippen LogP contribution < -0.4 is 4.72 Å². The van der Waals surface area contributed by atoms with E-state index in [1.807, 2.05) is 41.3 Å². The standard InChI is InChI=1S/C28H27ClN4O3S/c1-20-18-23(28(34)33-16-14-32(15-17-33)19-21-7-10-24(29)11-8-21)9-12-25(20)31-37(35,36)26-6-2-4-22-5-3-13-30-27(22)26/h2-13,18,31H,14-17,19H2,1H3. The lowest BCUT2D eigenvalue weighted by Gasteiger charge is -2.35. The Balaban J connectivity index is 1.25. The van der Waals surface area contributed by atoms with Gasteiger partial charge in [-0.3, -0.25) is 19.4 Å². The topological polar surface area (TPSA) is 82.6 Å². The van der Waals surface area contributed by atoms with Gasteiger partial charge in [0.05, 0.1) is 11.2 Å². The first-order chi connectivity index (χ1) is 17.8. The van der Waals surface area contributed by atoms with Crippen molar-refractivity contribution in [1.82, 2.24) is 14.8 Å². The normalized spacial score (nSPS) is 14.6. The quantitative estimate of drug-likeness (QED) is 0.378. The number of fused-ring (bicyclic) bond motifs is 1. The van der Waals surface area contributed by atoms with Gasteiger partial charge in [0.1, 0.15) is 4.90 Å². The van der Waals surface area contributed by atoms with Gasteiger partial charge in [0, 0.05) is 54.9 Å². The van der Waals surface area contributed by atoms with Crippen LogP contribution in [0.3, 0.4) is 0 Å². The molecule has 0 spiro atoms. The number of aromatic nitrogens is 1. The van der Waals surface area contributed by atoms with E-state index in [-0.39, 0.29) is 10.8 Å². The van der Waals surface area contributed by atoms with Crippen molar-refractivity contribution in [2.24, 2.45) is 0 Å². The van der Waals surface area contributed by atoms with Crippen LogP contribution in [0.1, 0.15) is 21.5 Å². The second-order valence-corrected chi connectivity index (χ2v) is 11.2. The van der Waals surface area contributed by atoms with Gasteiger partial charge in [0.15, 0.2) is 0 Å². The Labute approximate surface area is 221 Å². The molecule has 37 heavy (non-hydrogen) atoms. The van der Waals surface area contributed by atoms with Gasteiger partial charge in [-0.25, -0.2) is 8.42 Å². The number of nitrogens with zero attached hydrogens (tertiary/aromatic N) is 3. The first-order valence-electron chi connectivity index (χ1n) is 12.0. The number of nitrogens with one attached hydrogen (secondary N) is 1. The van der Waals surface area contributed by atoms with E-state index >= 15 is 0 Å². The summed E-state index contributed by atoms with van der Waals surface area (Å²) in [5, 5.41) is 1.47. The van der Waals surface area contributed by atoms with E-state index in [1.54, 1.807) is 43.5 Å². The number of rotatable bonds is 6. The third-order valence-electron chi connectivity index (χ3n) is 6.58. The number of sulfonamides is 1. The predicted molar refractivity (Wildman–Crippen MR) is 146 cm³/mol. The molecule has 0 atom stereocenters. The van der Waals surface area contributed by atoms with Crippen molar-refractivity contribution in [2.75, 3.05) is 30.9 Å². The van der Waals surface area contributed by atoms with E-state index in [2.05, 4.69) is 14.6 Å². The van der Waals surface area contributed by atoms with Crippen LogP contribution in [0, 0.1) is 6.92 Å². The summed E-state index contributed by atoms with van der Waals surface area (Å²) in [6.45, 7) is 5.44. The molecule has 0 radical (unpaired) electrons. The summed E-state index contributed by atoms with van der Waals surface area (Å²) in [6.07, 6.45) is 1.57. The van der Waals surface area contributed by atoms with Gasteiger partial charge < -0.3 is 4.90 Å². The SMILES string of the molecule is Cc1cc(C(=O)N2CCN(Cc3ccc(Cl)cc3)CC2)ccc1NS(=O)(=O)c1cccc2cccnc12. The fraction of sp³-hybridized carbons (Fsp3) is 0.214. The van der Waals surface area contributed by atoms with Crippen LogP contribution in [-0.2, 0) is 16.6 Å². The van der Waals surface area contributed by atoms with E-state index < -0.39 is 10.0 Å². The molecule has 1 amide bonds. The average Bonchev–Trinajstić information content (AvgIpc) is 2.91. The Morgan fingerprint density at radius 3 is 2.43 bits per heavy atom. The van der Waals surface area contributed by atoms with Gasteiger partial charge >= 0.3 is 0 Å². The lowest BCUT2D eigenvalue weighted by Crippen LogP contribution is -2.48. The highest BCUT2D eigenvalue weighted by molar-refractivity contribution is 7.93. The summed E-state index contributed by atoms with van der Waals surface area (Å²) in [5.74, 6) is -0.0538. The van der Waals surface area contributed by atoms with Gasteiger partial charge in [-0.15, -0.1) is 0 Å². The highest BCUT2D eigenvalue weighted by Gasteiger charge is 2.24. The molecule has 9 heteroatoms. The predicted octanol–water partition coefficient (Wildman–Crippen LogP) is 4.96. The van der Waals surface area contributed by atoms with Gasteiger partial charge in [0.2, 0.25) is 0 Å². The van der Waals surface area contributed by atoms with Crippen LogP contribution in [0.5, 0.6) is 0 Å². The van der Waals surface area contributed by atoms with Crippen molar-refractivity contribution in [2.45, 2.75) is 18.4 Å². The number of halogens is 1. The number of hydrogen-bond donors (Lipinski definition) is 1. The zero-order valence-corrected chi connectivity index (χ0v) is 22.0. The third-order valence-corrected chi connectivity index (χ3v) is 8.23. The lowest BCUT2D eigenvalue weighted by atomic mass is 10.1. The smallest absolute Gasteiger partial charge is 0.264 e. The molecule has 5 rings (SSSR count). The number of benzene rings is 3. The highest BCUT2D eigenvalue weighted by Crippen LogP contribution is 2.26. The number of piperazine rings is 1. The first-order valence-corrected chi connectivity index (χ1v) is 13.9. The second kappa shape index (κ2) is 10.5. The fourth-order valence-electron chi connectivity index (χ4n) is 4.54. The van der Waals surface area contributed by atoms with E-state index in [0.717, 1.165) is 30.0 Å². The van der Waals surface area contributed by atoms with Gasteiger partial charge in [-0.2, -0.15) is 0 Å². The van der Waals surface area contributed by atoms with Crippen molar-refractivity contribution >= 4 is 44.1 Å². The zero-order chi connectivity index (χ0) is 26.0. The molecule has 2 heterocycles. The van der Waals surface area contributed by atoms with Crippen LogP contribution >= 0.6 is 11.6 Å². The molecule has 0 saturated carbocycles. The molecule has 0 aliphatic carbocycles. The minimum Gasteiger partial charge on any atom is -0.336 e. The maximum Gasteiger partial charge on any atom is 0.264 e. The molecule has 4 aromatic rings. The summed E-state index contributed by atoms with van der Waals surface area (Å²) in [7, 11) is -3.87. The van der Waals surface area contributed by atoms with Gasteiger partial charge in [-0.1, -0.05) is 41.9 Å². The van der Waals surface area contributed by atoms with Crippen molar-refractivity contribution in [3.63, 3.8) is 0 Å². The number of anilines is 1. The Hall–Kier alpha value is -3.46.